The first-order valence-corrected chi connectivity index (χ1v) is 10.7. The van der Waals surface area contributed by atoms with Gasteiger partial charge in [0.2, 0.25) is 0 Å². The number of urea groups is 1. The smallest absolute Gasteiger partial charge is 0.327 e. The second-order valence-electron chi connectivity index (χ2n) is 7.94. The minimum Gasteiger partial charge on any atom is -0.389 e. The SMILES string of the molecule is CC(C)(O)CNC(=O)N(C=N)c1ccc(N2CCN(c3ccc(Br)cc3)CC2)cc1. The Morgan fingerprint density at radius 3 is 1.97 bits per heavy atom. The third kappa shape index (κ3) is 5.73. The molecule has 0 bridgehead atoms. The second-order valence-corrected chi connectivity index (χ2v) is 8.85. The third-order valence-corrected chi connectivity index (χ3v) is 5.51. The number of amides is 2. The molecule has 2 aromatic carbocycles. The number of rotatable bonds is 6. The molecule has 0 spiro atoms. The molecule has 0 saturated carbocycles. The van der Waals surface area contributed by atoms with Crippen molar-refractivity contribution in [2.75, 3.05) is 47.4 Å². The second kappa shape index (κ2) is 9.49. The van der Waals surface area contributed by atoms with Gasteiger partial charge in [0.25, 0.3) is 0 Å². The summed E-state index contributed by atoms with van der Waals surface area (Å²) in [6, 6.07) is 15.6. The van der Waals surface area contributed by atoms with Crippen LogP contribution in [0, 0.1) is 5.41 Å². The summed E-state index contributed by atoms with van der Waals surface area (Å²) in [7, 11) is 0. The normalized spacial score (nSPS) is 14.4. The maximum absolute atomic E-state index is 12.3. The molecule has 1 aliphatic rings. The van der Waals surface area contributed by atoms with E-state index in [1.807, 2.05) is 24.3 Å². The lowest BCUT2D eigenvalue weighted by Crippen LogP contribution is -2.46. The molecule has 160 valence electrons. The van der Waals surface area contributed by atoms with Gasteiger partial charge < -0.3 is 20.2 Å². The van der Waals surface area contributed by atoms with Gasteiger partial charge in [-0.25, -0.2) is 4.79 Å². The Balaban J connectivity index is 1.59. The van der Waals surface area contributed by atoms with E-state index in [1.165, 1.54) is 10.6 Å². The molecule has 1 heterocycles. The largest absolute Gasteiger partial charge is 0.389 e. The molecule has 30 heavy (non-hydrogen) atoms. The van der Waals surface area contributed by atoms with Crippen molar-refractivity contribution in [1.82, 2.24) is 5.32 Å². The number of anilines is 3. The summed E-state index contributed by atoms with van der Waals surface area (Å²) < 4.78 is 1.08. The van der Waals surface area contributed by atoms with E-state index in [-0.39, 0.29) is 6.54 Å². The number of aliphatic hydroxyl groups is 1. The summed E-state index contributed by atoms with van der Waals surface area (Å²) in [4.78, 5) is 18.3. The molecule has 8 heteroatoms. The summed E-state index contributed by atoms with van der Waals surface area (Å²) in [5.41, 5.74) is 1.92. The Labute approximate surface area is 185 Å². The highest BCUT2D eigenvalue weighted by molar-refractivity contribution is 9.10. The molecule has 0 unspecified atom stereocenters. The van der Waals surface area contributed by atoms with Gasteiger partial charge in [-0.2, -0.15) is 0 Å². The zero-order chi connectivity index (χ0) is 21.7. The lowest BCUT2D eigenvalue weighted by molar-refractivity contribution is 0.0824. The van der Waals surface area contributed by atoms with Crippen molar-refractivity contribution in [3.63, 3.8) is 0 Å². The Bertz CT molecular complexity index is 857. The van der Waals surface area contributed by atoms with Crippen molar-refractivity contribution in [2.45, 2.75) is 19.4 Å². The number of nitrogens with one attached hydrogen (secondary N) is 2. The van der Waals surface area contributed by atoms with Crippen LogP contribution in [0.2, 0.25) is 0 Å². The molecule has 0 aromatic heterocycles. The molecule has 0 aliphatic carbocycles. The van der Waals surface area contributed by atoms with Crippen LogP contribution in [0.3, 0.4) is 0 Å². The summed E-state index contributed by atoms with van der Waals surface area (Å²) in [5.74, 6) is 0. The Hall–Kier alpha value is -2.58. The Kier molecular flexibility index (Phi) is 6.99. The van der Waals surface area contributed by atoms with Crippen LogP contribution in [-0.4, -0.2) is 55.8 Å². The van der Waals surface area contributed by atoms with Crippen molar-refractivity contribution in [3.8, 4) is 0 Å². The highest BCUT2D eigenvalue weighted by Crippen LogP contribution is 2.24. The minimum atomic E-state index is -1.01. The van der Waals surface area contributed by atoms with Crippen LogP contribution in [0.15, 0.2) is 53.0 Å². The predicted octanol–water partition coefficient (Wildman–Crippen LogP) is 3.67. The molecule has 7 nitrogen and oxygen atoms in total. The first kappa shape index (κ1) is 22.1. The van der Waals surface area contributed by atoms with Gasteiger partial charge in [-0.1, -0.05) is 15.9 Å². The minimum absolute atomic E-state index is 0.108. The van der Waals surface area contributed by atoms with E-state index < -0.39 is 11.6 Å². The highest BCUT2D eigenvalue weighted by Gasteiger charge is 2.20. The first-order chi connectivity index (χ1) is 14.3. The zero-order valence-corrected chi connectivity index (χ0v) is 18.9. The molecule has 0 radical (unpaired) electrons. The lowest BCUT2D eigenvalue weighted by Gasteiger charge is -2.37. The maximum Gasteiger partial charge on any atom is 0.327 e. The van der Waals surface area contributed by atoms with Gasteiger partial charge in [-0.15, -0.1) is 0 Å². The fourth-order valence-electron chi connectivity index (χ4n) is 3.33. The molecule has 3 N–H and O–H groups in total. The van der Waals surface area contributed by atoms with Crippen molar-refractivity contribution in [3.05, 3.63) is 53.0 Å². The number of hydrogen-bond donors (Lipinski definition) is 3. The van der Waals surface area contributed by atoms with E-state index in [2.05, 4.69) is 55.3 Å². The molecular weight excluding hydrogens is 446 g/mol. The van der Waals surface area contributed by atoms with Crippen LogP contribution in [0.4, 0.5) is 21.9 Å². The topological polar surface area (TPSA) is 82.9 Å². The van der Waals surface area contributed by atoms with Gasteiger partial charge in [-0.05, 0) is 62.4 Å². The fraction of sp³-hybridized carbons (Fsp3) is 0.364. The number of carbonyl (C=O) groups excluding carboxylic acids is 1. The van der Waals surface area contributed by atoms with E-state index in [0.717, 1.165) is 42.7 Å². The first-order valence-electron chi connectivity index (χ1n) is 9.92. The number of benzene rings is 2. The van der Waals surface area contributed by atoms with E-state index in [0.29, 0.717) is 5.69 Å². The van der Waals surface area contributed by atoms with Crippen LogP contribution in [0.5, 0.6) is 0 Å². The molecule has 2 aromatic rings. The lowest BCUT2D eigenvalue weighted by atomic mass is 10.1. The average Bonchev–Trinajstić information content (AvgIpc) is 2.73. The van der Waals surface area contributed by atoms with Crippen LogP contribution in [0.25, 0.3) is 0 Å². The van der Waals surface area contributed by atoms with Crippen molar-refractivity contribution >= 4 is 45.4 Å². The van der Waals surface area contributed by atoms with Crippen molar-refractivity contribution in [1.29, 1.82) is 5.41 Å². The average molecular weight is 474 g/mol. The Morgan fingerprint density at radius 2 is 1.53 bits per heavy atom. The maximum atomic E-state index is 12.3. The fourth-order valence-corrected chi connectivity index (χ4v) is 3.59. The summed E-state index contributed by atoms with van der Waals surface area (Å²) in [6.45, 7) is 7.05. The summed E-state index contributed by atoms with van der Waals surface area (Å²) in [6.07, 6.45) is 0.978. The van der Waals surface area contributed by atoms with E-state index in [1.54, 1.807) is 13.8 Å². The number of hydrogen-bond acceptors (Lipinski definition) is 5. The van der Waals surface area contributed by atoms with Crippen LogP contribution in [-0.2, 0) is 0 Å². The van der Waals surface area contributed by atoms with Gasteiger partial charge in [0.05, 0.1) is 17.6 Å². The molecular formula is C22H28BrN5O2. The Morgan fingerprint density at radius 1 is 1.07 bits per heavy atom. The zero-order valence-electron chi connectivity index (χ0n) is 17.3. The van der Waals surface area contributed by atoms with Gasteiger partial charge >= 0.3 is 6.03 Å². The highest BCUT2D eigenvalue weighted by atomic mass is 79.9. The standard InChI is InChI=1S/C22H28BrN5O2/c1-22(2,30)15-25-21(29)28(16-24)20-9-7-19(8-10-20)27-13-11-26(12-14-27)18-5-3-17(23)4-6-18/h3-10,16,24,30H,11-15H2,1-2H3,(H,25,29). The van der Waals surface area contributed by atoms with Gasteiger partial charge in [0.1, 0.15) is 0 Å². The molecule has 2 amide bonds. The van der Waals surface area contributed by atoms with Gasteiger partial charge in [0.15, 0.2) is 0 Å². The van der Waals surface area contributed by atoms with Gasteiger partial charge in [0, 0.05) is 48.6 Å². The molecule has 1 fully saturated rings. The molecule has 3 rings (SSSR count). The van der Waals surface area contributed by atoms with Gasteiger partial charge in [-0.3, -0.25) is 10.3 Å². The third-order valence-electron chi connectivity index (χ3n) is 4.98. The number of carbonyl (C=O) groups is 1. The number of nitrogens with zero attached hydrogens (tertiary/aromatic N) is 3. The molecule has 0 atom stereocenters. The summed E-state index contributed by atoms with van der Waals surface area (Å²) >= 11 is 3.48. The van der Waals surface area contributed by atoms with Crippen molar-refractivity contribution < 1.29 is 9.90 Å². The van der Waals surface area contributed by atoms with Crippen LogP contribution >= 0.6 is 15.9 Å². The van der Waals surface area contributed by atoms with Crippen LogP contribution < -0.4 is 20.0 Å². The number of piperazine rings is 1. The molecule has 1 aliphatic heterocycles. The summed E-state index contributed by atoms with van der Waals surface area (Å²) in [5, 5.41) is 20.0. The van der Waals surface area contributed by atoms with Crippen LogP contribution in [0.1, 0.15) is 13.8 Å². The van der Waals surface area contributed by atoms with E-state index >= 15 is 0 Å². The van der Waals surface area contributed by atoms with E-state index in [9.17, 15) is 9.90 Å². The quantitative estimate of drug-likeness (QED) is 0.441. The van der Waals surface area contributed by atoms with E-state index in [4.69, 9.17) is 5.41 Å². The number of halogens is 1. The molecule has 1 saturated heterocycles. The predicted molar refractivity (Wildman–Crippen MR) is 126 cm³/mol. The van der Waals surface area contributed by atoms with Crippen molar-refractivity contribution in [2.24, 2.45) is 0 Å². The monoisotopic (exact) mass is 473 g/mol.